The lowest BCUT2D eigenvalue weighted by Crippen LogP contribution is -2.39. The molecular formula is C15H17F3N2. The number of halogens is 3. The first-order valence-corrected chi connectivity index (χ1v) is 6.85. The zero-order valence-electron chi connectivity index (χ0n) is 11.4. The van der Waals surface area contributed by atoms with E-state index in [-0.39, 0.29) is 5.56 Å². The molecule has 2 rings (SSSR count). The van der Waals surface area contributed by atoms with E-state index in [1.807, 2.05) is 0 Å². The summed E-state index contributed by atoms with van der Waals surface area (Å²) in [6, 6.07) is 5.90. The summed E-state index contributed by atoms with van der Waals surface area (Å²) in [6.45, 7) is 2.92. The molecule has 1 aliphatic rings. The first-order chi connectivity index (χ1) is 9.47. The smallest absolute Gasteiger partial charge is 0.369 e. The van der Waals surface area contributed by atoms with Crippen molar-refractivity contribution in [2.75, 3.05) is 11.4 Å². The Balaban J connectivity index is 2.37. The zero-order valence-corrected chi connectivity index (χ0v) is 11.4. The molecule has 0 saturated carbocycles. The molecule has 0 aliphatic carbocycles. The molecule has 5 heteroatoms. The first-order valence-electron chi connectivity index (χ1n) is 6.85. The second-order valence-electron chi connectivity index (χ2n) is 5.09. The van der Waals surface area contributed by atoms with Crippen LogP contribution < -0.4 is 4.90 Å². The third kappa shape index (κ3) is 2.90. The van der Waals surface area contributed by atoms with Gasteiger partial charge in [0.25, 0.3) is 0 Å². The van der Waals surface area contributed by atoms with Gasteiger partial charge in [-0.15, -0.1) is 0 Å². The quantitative estimate of drug-likeness (QED) is 0.806. The maximum absolute atomic E-state index is 12.8. The Labute approximate surface area is 116 Å². The number of alkyl halides is 3. The van der Waals surface area contributed by atoms with Crippen LogP contribution in [0.2, 0.25) is 0 Å². The Hall–Kier alpha value is -1.70. The summed E-state index contributed by atoms with van der Waals surface area (Å²) in [4.78, 5) is 2.13. The standard InChI is InChI=1S/C15H17F3N2/c1-2-12-5-3-4-8-20(12)13-6-7-14(15(16,17)18)11(9-13)10-19/h6-7,9,12H,2-5,8H2,1H3. The van der Waals surface area contributed by atoms with Crippen LogP contribution in [-0.2, 0) is 6.18 Å². The molecule has 1 aliphatic heterocycles. The van der Waals surface area contributed by atoms with E-state index < -0.39 is 11.7 Å². The second kappa shape index (κ2) is 5.74. The number of piperidine rings is 1. The monoisotopic (exact) mass is 282 g/mol. The van der Waals surface area contributed by atoms with Gasteiger partial charge in [-0.3, -0.25) is 0 Å². The van der Waals surface area contributed by atoms with Gasteiger partial charge in [0, 0.05) is 18.3 Å². The van der Waals surface area contributed by atoms with Gasteiger partial charge < -0.3 is 4.90 Å². The molecular weight excluding hydrogens is 265 g/mol. The van der Waals surface area contributed by atoms with E-state index >= 15 is 0 Å². The van der Waals surface area contributed by atoms with Gasteiger partial charge in [0.2, 0.25) is 0 Å². The van der Waals surface area contributed by atoms with Crippen molar-refractivity contribution < 1.29 is 13.2 Å². The number of hydrogen-bond acceptors (Lipinski definition) is 2. The van der Waals surface area contributed by atoms with Crippen LogP contribution in [-0.4, -0.2) is 12.6 Å². The third-order valence-corrected chi connectivity index (χ3v) is 3.86. The Morgan fingerprint density at radius 1 is 1.35 bits per heavy atom. The van der Waals surface area contributed by atoms with E-state index in [1.54, 1.807) is 6.07 Å². The average molecular weight is 282 g/mol. The summed E-state index contributed by atoms with van der Waals surface area (Å²) >= 11 is 0. The minimum absolute atomic E-state index is 0.296. The first kappa shape index (κ1) is 14.7. The molecule has 0 aromatic heterocycles. The van der Waals surface area contributed by atoms with Crippen molar-refractivity contribution in [2.24, 2.45) is 0 Å². The highest BCUT2D eigenvalue weighted by molar-refractivity contribution is 5.56. The molecule has 1 atom stereocenters. The van der Waals surface area contributed by atoms with E-state index in [0.29, 0.717) is 6.04 Å². The van der Waals surface area contributed by atoms with Gasteiger partial charge in [0.1, 0.15) is 0 Å². The van der Waals surface area contributed by atoms with Crippen LogP contribution in [0.25, 0.3) is 0 Å². The number of rotatable bonds is 2. The molecule has 108 valence electrons. The predicted octanol–water partition coefficient (Wildman–Crippen LogP) is 4.35. The summed E-state index contributed by atoms with van der Waals surface area (Å²) < 4.78 is 38.4. The van der Waals surface area contributed by atoms with E-state index in [9.17, 15) is 13.2 Å². The van der Waals surface area contributed by atoms with Gasteiger partial charge in [0.15, 0.2) is 0 Å². The minimum atomic E-state index is -4.48. The molecule has 2 nitrogen and oxygen atoms in total. The number of anilines is 1. The Kier molecular flexibility index (Phi) is 4.22. The van der Waals surface area contributed by atoms with Crippen LogP contribution in [0.5, 0.6) is 0 Å². The molecule has 0 spiro atoms. The Morgan fingerprint density at radius 2 is 2.10 bits per heavy atom. The fourth-order valence-electron chi connectivity index (χ4n) is 2.82. The molecule has 0 amide bonds. The van der Waals surface area contributed by atoms with E-state index in [2.05, 4.69) is 11.8 Å². The molecule has 0 radical (unpaired) electrons. The Bertz CT molecular complexity index is 517. The van der Waals surface area contributed by atoms with Crippen LogP contribution in [0.15, 0.2) is 18.2 Å². The van der Waals surface area contributed by atoms with Gasteiger partial charge in [-0.1, -0.05) is 6.92 Å². The van der Waals surface area contributed by atoms with Crippen LogP contribution in [0.3, 0.4) is 0 Å². The van der Waals surface area contributed by atoms with Crippen LogP contribution in [0, 0.1) is 11.3 Å². The summed E-state index contributed by atoms with van der Waals surface area (Å²) in [5.41, 5.74) is -0.426. The van der Waals surface area contributed by atoms with E-state index in [1.165, 1.54) is 12.1 Å². The average Bonchev–Trinajstić information content (AvgIpc) is 2.45. The lowest BCUT2D eigenvalue weighted by atomic mass is 9.98. The van der Waals surface area contributed by atoms with E-state index in [4.69, 9.17) is 5.26 Å². The highest BCUT2D eigenvalue weighted by atomic mass is 19.4. The van der Waals surface area contributed by atoms with Crippen molar-refractivity contribution in [3.05, 3.63) is 29.3 Å². The lowest BCUT2D eigenvalue weighted by molar-refractivity contribution is -0.137. The molecule has 0 bridgehead atoms. The van der Waals surface area contributed by atoms with Gasteiger partial charge in [-0.05, 0) is 43.9 Å². The van der Waals surface area contributed by atoms with Crippen LogP contribution in [0.1, 0.15) is 43.7 Å². The summed E-state index contributed by atoms with van der Waals surface area (Å²) in [7, 11) is 0. The zero-order chi connectivity index (χ0) is 14.8. The highest BCUT2D eigenvalue weighted by Gasteiger charge is 2.34. The van der Waals surface area contributed by atoms with Crippen LogP contribution >= 0.6 is 0 Å². The number of nitrogens with zero attached hydrogens (tertiary/aromatic N) is 2. The van der Waals surface area contributed by atoms with Crippen molar-refractivity contribution >= 4 is 5.69 Å². The number of nitriles is 1. The fraction of sp³-hybridized carbons (Fsp3) is 0.533. The topological polar surface area (TPSA) is 27.0 Å². The maximum Gasteiger partial charge on any atom is 0.417 e. The normalized spacial score (nSPS) is 19.8. The third-order valence-electron chi connectivity index (χ3n) is 3.86. The molecule has 1 saturated heterocycles. The van der Waals surface area contributed by atoms with Gasteiger partial charge >= 0.3 is 6.18 Å². The molecule has 1 unspecified atom stereocenters. The van der Waals surface area contributed by atoms with Crippen molar-refractivity contribution in [1.29, 1.82) is 5.26 Å². The second-order valence-corrected chi connectivity index (χ2v) is 5.09. The summed E-state index contributed by atoms with van der Waals surface area (Å²) in [5, 5.41) is 8.96. The van der Waals surface area contributed by atoms with Crippen molar-refractivity contribution in [1.82, 2.24) is 0 Å². The summed E-state index contributed by atoms with van der Waals surface area (Å²) in [6.07, 6.45) is -0.266. The molecule has 0 N–H and O–H groups in total. The van der Waals surface area contributed by atoms with Crippen molar-refractivity contribution in [3.63, 3.8) is 0 Å². The fourth-order valence-corrected chi connectivity index (χ4v) is 2.82. The molecule has 1 fully saturated rings. The van der Waals surface area contributed by atoms with Crippen molar-refractivity contribution in [2.45, 2.75) is 44.8 Å². The molecule has 1 aromatic carbocycles. The lowest BCUT2D eigenvalue weighted by Gasteiger charge is -2.37. The number of benzene rings is 1. The van der Waals surface area contributed by atoms with Crippen molar-refractivity contribution in [3.8, 4) is 6.07 Å². The Morgan fingerprint density at radius 3 is 2.70 bits per heavy atom. The SMILES string of the molecule is CCC1CCCCN1c1ccc(C(F)(F)F)c(C#N)c1. The highest BCUT2D eigenvalue weighted by Crippen LogP contribution is 2.35. The molecule has 20 heavy (non-hydrogen) atoms. The van der Waals surface area contributed by atoms with Gasteiger partial charge in [-0.25, -0.2) is 0 Å². The van der Waals surface area contributed by atoms with Crippen LogP contribution in [0.4, 0.5) is 18.9 Å². The minimum Gasteiger partial charge on any atom is -0.369 e. The van der Waals surface area contributed by atoms with Gasteiger partial charge in [-0.2, -0.15) is 18.4 Å². The summed E-state index contributed by atoms with van der Waals surface area (Å²) in [5.74, 6) is 0. The van der Waals surface area contributed by atoms with E-state index in [0.717, 1.165) is 44.0 Å². The maximum atomic E-state index is 12.8. The predicted molar refractivity (Wildman–Crippen MR) is 71.4 cm³/mol. The number of hydrogen-bond donors (Lipinski definition) is 0. The largest absolute Gasteiger partial charge is 0.417 e. The van der Waals surface area contributed by atoms with Gasteiger partial charge in [0.05, 0.1) is 17.2 Å². The molecule has 1 heterocycles. The molecule has 1 aromatic rings.